The van der Waals surface area contributed by atoms with Crippen molar-refractivity contribution in [2.75, 3.05) is 38.6 Å². The van der Waals surface area contributed by atoms with E-state index in [0.717, 1.165) is 34.6 Å². The van der Waals surface area contributed by atoms with Crippen molar-refractivity contribution in [1.82, 2.24) is 20.4 Å². The summed E-state index contributed by atoms with van der Waals surface area (Å²) < 4.78 is 45.7. The maximum Gasteiger partial charge on any atom is 0.416 e. The second-order valence-electron chi connectivity index (χ2n) is 9.25. The van der Waals surface area contributed by atoms with Crippen LogP contribution in [0.25, 0.3) is 5.70 Å². The average Bonchev–Trinajstić information content (AvgIpc) is 3.24. The van der Waals surface area contributed by atoms with Gasteiger partial charge in [0.15, 0.2) is 0 Å². The molecule has 1 amide bonds. The second-order valence-corrected chi connectivity index (χ2v) is 9.25. The fraction of sp³-hybridized carbons (Fsp3) is 0.259. The first-order valence-corrected chi connectivity index (χ1v) is 11.7. The average molecular weight is 527 g/mol. The lowest BCUT2D eigenvalue weighted by Gasteiger charge is -2.26. The molecule has 11 heteroatoms. The molecule has 0 fully saturated rings. The lowest BCUT2D eigenvalue weighted by Crippen LogP contribution is -2.39. The number of benzene rings is 2. The molecule has 0 unspecified atom stereocenters. The molecule has 0 radical (unpaired) electrons. The molecule has 1 aliphatic rings. The van der Waals surface area contributed by atoms with Gasteiger partial charge < -0.3 is 15.0 Å². The molecule has 0 saturated heterocycles. The number of methoxy groups -OCH3 is 1. The molecule has 0 aliphatic carbocycles. The Hall–Kier alpha value is -4.09. The fourth-order valence-corrected chi connectivity index (χ4v) is 4.10. The third-order valence-corrected chi connectivity index (χ3v) is 5.91. The van der Waals surface area contributed by atoms with Gasteiger partial charge in [0.05, 0.1) is 30.3 Å². The molecule has 4 rings (SSSR count). The van der Waals surface area contributed by atoms with Gasteiger partial charge in [-0.15, -0.1) is 5.12 Å². The molecule has 0 saturated carbocycles. The summed E-state index contributed by atoms with van der Waals surface area (Å²) in [5, 5.41) is 6.22. The van der Waals surface area contributed by atoms with Crippen LogP contribution in [0.2, 0.25) is 0 Å². The number of hydrazine groups is 2. The third-order valence-electron chi connectivity index (χ3n) is 5.91. The number of alkyl halides is 3. The van der Waals surface area contributed by atoms with Crippen LogP contribution < -0.4 is 20.5 Å². The van der Waals surface area contributed by atoms with Gasteiger partial charge in [-0.05, 0) is 68.5 Å². The molecule has 2 heterocycles. The highest BCUT2D eigenvalue weighted by molar-refractivity contribution is 6.05. The molecule has 0 bridgehead atoms. The van der Waals surface area contributed by atoms with Gasteiger partial charge in [0.25, 0.3) is 5.91 Å². The molecule has 0 spiro atoms. The number of hydrogen-bond donors (Lipinski definition) is 2. The van der Waals surface area contributed by atoms with E-state index in [4.69, 9.17) is 4.74 Å². The number of pyridine rings is 1. The zero-order chi connectivity index (χ0) is 27.6. The Kier molecular flexibility index (Phi) is 7.61. The molecular formula is C27H29F3N6O2. The third kappa shape index (κ3) is 6.06. The maximum atomic E-state index is 13.5. The van der Waals surface area contributed by atoms with Gasteiger partial charge >= 0.3 is 6.18 Å². The molecule has 2 aromatic carbocycles. The number of carbonyl (C=O) groups excluding carboxylic acids is 1. The maximum absolute atomic E-state index is 13.5. The monoisotopic (exact) mass is 526 g/mol. The molecule has 1 aliphatic heterocycles. The molecule has 0 atom stereocenters. The number of rotatable bonds is 7. The summed E-state index contributed by atoms with van der Waals surface area (Å²) in [6.07, 6.45) is 0.644. The summed E-state index contributed by atoms with van der Waals surface area (Å²) in [7, 11) is 6.92. The number of aryl methyl sites for hydroxylation is 1. The van der Waals surface area contributed by atoms with Crippen LogP contribution in [0.5, 0.6) is 5.75 Å². The van der Waals surface area contributed by atoms with E-state index >= 15 is 0 Å². The van der Waals surface area contributed by atoms with Crippen molar-refractivity contribution >= 4 is 23.0 Å². The quantitative estimate of drug-likeness (QED) is 0.454. The van der Waals surface area contributed by atoms with Gasteiger partial charge in [-0.3, -0.25) is 20.2 Å². The van der Waals surface area contributed by atoms with Crippen LogP contribution in [0.4, 0.5) is 24.5 Å². The number of anilines is 2. The zero-order valence-electron chi connectivity index (χ0n) is 21.7. The Labute approximate surface area is 219 Å². The van der Waals surface area contributed by atoms with Crippen molar-refractivity contribution in [3.8, 4) is 5.75 Å². The number of ether oxygens (including phenoxy) is 1. The minimum Gasteiger partial charge on any atom is -0.495 e. The number of nitrogens with zero attached hydrogens (tertiary/aromatic N) is 4. The Morgan fingerprint density at radius 1 is 1.13 bits per heavy atom. The lowest BCUT2D eigenvalue weighted by molar-refractivity contribution is -0.137. The second kappa shape index (κ2) is 10.7. The summed E-state index contributed by atoms with van der Waals surface area (Å²) in [4.78, 5) is 19.1. The van der Waals surface area contributed by atoms with Crippen molar-refractivity contribution in [3.05, 3.63) is 88.9 Å². The smallest absolute Gasteiger partial charge is 0.416 e. The van der Waals surface area contributed by atoms with Crippen molar-refractivity contribution in [2.45, 2.75) is 19.6 Å². The van der Waals surface area contributed by atoms with Crippen LogP contribution in [0.1, 0.15) is 32.6 Å². The minimum atomic E-state index is -4.53. The summed E-state index contributed by atoms with van der Waals surface area (Å²) in [6, 6.07) is 10.6. The largest absolute Gasteiger partial charge is 0.495 e. The van der Waals surface area contributed by atoms with Gasteiger partial charge in [0, 0.05) is 42.8 Å². The van der Waals surface area contributed by atoms with Gasteiger partial charge in [0.2, 0.25) is 0 Å². The van der Waals surface area contributed by atoms with E-state index in [9.17, 15) is 18.0 Å². The van der Waals surface area contributed by atoms with Crippen LogP contribution in [0.15, 0.2) is 61.1 Å². The molecule has 38 heavy (non-hydrogen) atoms. The highest BCUT2D eigenvalue weighted by Crippen LogP contribution is 2.33. The highest BCUT2D eigenvalue weighted by Gasteiger charge is 2.31. The number of aromatic nitrogens is 1. The van der Waals surface area contributed by atoms with E-state index in [-0.39, 0.29) is 5.69 Å². The van der Waals surface area contributed by atoms with Gasteiger partial charge in [-0.2, -0.15) is 13.2 Å². The minimum absolute atomic E-state index is 0.0801. The summed E-state index contributed by atoms with van der Waals surface area (Å²) >= 11 is 0. The Balaban J connectivity index is 1.62. The first-order chi connectivity index (χ1) is 17.9. The van der Waals surface area contributed by atoms with Crippen LogP contribution in [0.3, 0.4) is 0 Å². The van der Waals surface area contributed by atoms with Crippen molar-refractivity contribution < 1.29 is 22.7 Å². The first-order valence-electron chi connectivity index (χ1n) is 11.7. The van der Waals surface area contributed by atoms with Gasteiger partial charge in [-0.1, -0.05) is 6.07 Å². The normalized spacial score (nSPS) is 13.9. The van der Waals surface area contributed by atoms with E-state index in [1.807, 2.05) is 31.2 Å². The predicted octanol–water partition coefficient (Wildman–Crippen LogP) is 4.90. The number of nitrogens with one attached hydrogen (secondary N) is 2. The fourth-order valence-electron chi connectivity index (χ4n) is 4.10. The lowest BCUT2D eigenvalue weighted by atomic mass is 10.1. The predicted molar refractivity (Wildman–Crippen MR) is 140 cm³/mol. The standard InChI is InChI=1S/C27H29F3N6O2/c1-17-6-7-19(26(37)32-22-9-18(15-34(2)3)8-21(12-22)27(28,29)30)11-25(17)36-16-24(33-35(36)4)20-10-23(38-5)14-31-13-20/h6-14,16,33H,15H2,1-5H3,(H,32,37). The number of amides is 1. The van der Waals surface area contributed by atoms with Gasteiger partial charge in [0.1, 0.15) is 5.75 Å². The Morgan fingerprint density at radius 3 is 2.58 bits per heavy atom. The SMILES string of the molecule is COc1cncc(C2=CN(c3cc(C(=O)Nc4cc(CN(C)C)cc(C(F)(F)F)c4)ccc3C)N(C)N2)c1. The number of carbonyl (C=O) groups is 1. The zero-order valence-corrected chi connectivity index (χ0v) is 21.7. The topological polar surface area (TPSA) is 73.0 Å². The van der Waals surface area contributed by atoms with Crippen LogP contribution in [-0.2, 0) is 12.7 Å². The highest BCUT2D eigenvalue weighted by atomic mass is 19.4. The summed E-state index contributed by atoms with van der Waals surface area (Å²) in [5.41, 5.74) is 6.44. The Morgan fingerprint density at radius 2 is 1.89 bits per heavy atom. The van der Waals surface area contributed by atoms with Crippen molar-refractivity contribution in [3.63, 3.8) is 0 Å². The van der Waals surface area contributed by atoms with Crippen LogP contribution >= 0.6 is 0 Å². The summed E-state index contributed by atoms with van der Waals surface area (Å²) in [6.45, 7) is 2.21. The van der Waals surface area contributed by atoms with Crippen molar-refractivity contribution in [2.24, 2.45) is 0 Å². The molecule has 200 valence electrons. The molecule has 3 aromatic rings. The molecule has 8 nitrogen and oxygen atoms in total. The van der Waals surface area contributed by atoms with E-state index in [2.05, 4.69) is 15.7 Å². The molecular weight excluding hydrogens is 497 g/mol. The first kappa shape index (κ1) is 27.0. The van der Waals surface area contributed by atoms with Gasteiger partial charge in [-0.25, -0.2) is 0 Å². The number of halogens is 3. The van der Waals surface area contributed by atoms with Crippen LogP contribution in [0, 0.1) is 6.92 Å². The summed E-state index contributed by atoms with van der Waals surface area (Å²) in [5.74, 6) is 0.0990. The Bertz CT molecular complexity index is 1370. The van der Waals surface area contributed by atoms with Crippen molar-refractivity contribution in [1.29, 1.82) is 0 Å². The van der Waals surface area contributed by atoms with Crippen LogP contribution in [-0.4, -0.2) is 49.2 Å². The van der Waals surface area contributed by atoms with E-state index in [0.29, 0.717) is 23.4 Å². The van der Waals surface area contributed by atoms with E-state index < -0.39 is 17.6 Å². The van der Waals surface area contributed by atoms with E-state index in [1.165, 1.54) is 0 Å². The number of hydrogen-bond acceptors (Lipinski definition) is 7. The molecule has 2 N–H and O–H groups in total. The van der Waals surface area contributed by atoms with E-state index in [1.54, 1.807) is 67.9 Å². The molecule has 1 aromatic heterocycles.